The molecule has 0 bridgehead atoms. The number of fused-ring (bicyclic) bond motifs is 1. The van der Waals surface area contributed by atoms with Gasteiger partial charge in [-0.05, 0) is 55.4 Å². The number of halogens is 1. The Balaban J connectivity index is 2.60. The van der Waals surface area contributed by atoms with E-state index in [1.54, 1.807) is 13.0 Å². The summed E-state index contributed by atoms with van der Waals surface area (Å²) in [6.45, 7) is 1.80. The average molecular weight is 245 g/mol. The second-order valence-corrected chi connectivity index (χ2v) is 6.57. The van der Waals surface area contributed by atoms with Crippen molar-refractivity contribution in [3.63, 3.8) is 0 Å². The number of benzene rings is 1. The van der Waals surface area contributed by atoms with Crippen molar-refractivity contribution < 1.29 is 8.42 Å². The summed E-state index contributed by atoms with van der Waals surface area (Å²) in [5, 5.41) is 0. The van der Waals surface area contributed by atoms with Crippen molar-refractivity contribution in [1.82, 2.24) is 0 Å². The topological polar surface area (TPSA) is 34.1 Å². The van der Waals surface area contributed by atoms with E-state index in [0.717, 1.165) is 30.4 Å². The third-order valence-electron chi connectivity index (χ3n) is 2.90. The Morgan fingerprint density at radius 3 is 2.20 bits per heavy atom. The predicted octanol–water partition coefficient (Wildman–Crippen LogP) is 2.80. The van der Waals surface area contributed by atoms with Gasteiger partial charge in [0.25, 0.3) is 9.05 Å². The van der Waals surface area contributed by atoms with Crippen LogP contribution in [0.1, 0.15) is 29.5 Å². The van der Waals surface area contributed by atoms with Gasteiger partial charge < -0.3 is 0 Å². The SMILES string of the molecule is Cc1cc2c(cc1S(=O)(=O)Cl)CCCC2. The van der Waals surface area contributed by atoms with Gasteiger partial charge in [-0.3, -0.25) is 0 Å². The molecule has 4 heteroatoms. The van der Waals surface area contributed by atoms with Crippen LogP contribution in [0.25, 0.3) is 0 Å². The molecule has 0 aliphatic heterocycles. The van der Waals surface area contributed by atoms with E-state index in [-0.39, 0.29) is 4.90 Å². The molecule has 0 N–H and O–H groups in total. The lowest BCUT2D eigenvalue weighted by molar-refractivity contribution is 0.608. The van der Waals surface area contributed by atoms with Gasteiger partial charge in [-0.15, -0.1) is 0 Å². The van der Waals surface area contributed by atoms with E-state index in [9.17, 15) is 8.42 Å². The summed E-state index contributed by atoms with van der Waals surface area (Å²) in [7, 11) is 1.78. The van der Waals surface area contributed by atoms with Gasteiger partial charge in [0.1, 0.15) is 0 Å². The molecule has 1 aromatic rings. The first-order chi connectivity index (χ1) is 6.98. The molecular weight excluding hydrogens is 232 g/mol. The van der Waals surface area contributed by atoms with Gasteiger partial charge in [0.05, 0.1) is 4.90 Å². The third kappa shape index (κ3) is 2.18. The van der Waals surface area contributed by atoms with Crippen LogP contribution in [-0.4, -0.2) is 8.42 Å². The molecule has 0 fully saturated rings. The molecule has 1 aliphatic rings. The molecule has 0 spiro atoms. The summed E-state index contributed by atoms with van der Waals surface area (Å²) < 4.78 is 22.6. The Labute approximate surface area is 94.7 Å². The highest BCUT2D eigenvalue weighted by Crippen LogP contribution is 2.28. The standard InChI is InChI=1S/C11H13ClO2S/c1-8-6-9-4-2-3-5-10(9)7-11(8)15(12,13)14/h6-7H,2-5H2,1H3. The van der Waals surface area contributed by atoms with Crippen molar-refractivity contribution in [3.05, 3.63) is 28.8 Å². The van der Waals surface area contributed by atoms with Crippen molar-refractivity contribution in [2.24, 2.45) is 0 Å². The third-order valence-corrected chi connectivity index (χ3v) is 4.37. The molecule has 0 heterocycles. The molecule has 0 saturated carbocycles. The van der Waals surface area contributed by atoms with Gasteiger partial charge in [0, 0.05) is 10.7 Å². The van der Waals surface area contributed by atoms with Gasteiger partial charge in [-0.25, -0.2) is 8.42 Å². The molecule has 82 valence electrons. The van der Waals surface area contributed by atoms with Gasteiger partial charge in [-0.2, -0.15) is 0 Å². The van der Waals surface area contributed by atoms with Crippen molar-refractivity contribution in [1.29, 1.82) is 0 Å². The molecule has 0 radical (unpaired) electrons. The van der Waals surface area contributed by atoms with Crippen molar-refractivity contribution in [3.8, 4) is 0 Å². The smallest absolute Gasteiger partial charge is 0.207 e. The first kappa shape index (κ1) is 11.0. The van der Waals surface area contributed by atoms with Crippen LogP contribution in [0.5, 0.6) is 0 Å². The molecule has 0 unspecified atom stereocenters. The zero-order valence-electron chi connectivity index (χ0n) is 8.59. The monoisotopic (exact) mass is 244 g/mol. The highest BCUT2D eigenvalue weighted by molar-refractivity contribution is 8.13. The Bertz CT molecular complexity index is 492. The number of hydrogen-bond donors (Lipinski definition) is 0. The Morgan fingerprint density at radius 2 is 1.67 bits per heavy atom. The minimum atomic E-state index is -3.59. The fourth-order valence-corrected chi connectivity index (χ4v) is 3.37. The molecule has 1 aliphatic carbocycles. The van der Waals surface area contributed by atoms with Crippen molar-refractivity contribution in [2.45, 2.75) is 37.5 Å². The normalized spacial score (nSPS) is 16.1. The fraction of sp³-hybridized carbons (Fsp3) is 0.455. The number of hydrogen-bond acceptors (Lipinski definition) is 2. The van der Waals surface area contributed by atoms with Gasteiger partial charge in [0.2, 0.25) is 0 Å². The van der Waals surface area contributed by atoms with Gasteiger partial charge in [0.15, 0.2) is 0 Å². The van der Waals surface area contributed by atoms with E-state index in [1.807, 2.05) is 6.07 Å². The summed E-state index contributed by atoms with van der Waals surface area (Å²) in [5.41, 5.74) is 3.18. The average Bonchev–Trinajstić information content (AvgIpc) is 2.15. The molecule has 2 rings (SSSR count). The number of rotatable bonds is 1. The van der Waals surface area contributed by atoms with E-state index < -0.39 is 9.05 Å². The Kier molecular flexibility index (Phi) is 2.77. The van der Waals surface area contributed by atoms with E-state index in [0.29, 0.717) is 0 Å². The highest BCUT2D eigenvalue weighted by atomic mass is 35.7. The van der Waals surface area contributed by atoms with Crippen LogP contribution in [0.15, 0.2) is 17.0 Å². The lowest BCUT2D eigenvalue weighted by Gasteiger charge is -2.17. The highest BCUT2D eigenvalue weighted by Gasteiger charge is 2.18. The quantitative estimate of drug-likeness (QED) is 0.712. The Hall–Kier alpha value is -0.540. The van der Waals surface area contributed by atoms with Crippen molar-refractivity contribution in [2.75, 3.05) is 0 Å². The van der Waals surface area contributed by atoms with Crippen LogP contribution in [0.4, 0.5) is 0 Å². The van der Waals surface area contributed by atoms with Crippen LogP contribution >= 0.6 is 10.7 Å². The molecule has 0 amide bonds. The first-order valence-electron chi connectivity index (χ1n) is 5.05. The second-order valence-electron chi connectivity index (χ2n) is 4.03. The molecule has 15 heavy (non-hydrogen) atoms. The first-order valence-corrected chi connectivity index (χ1v) is 7.36. The van der Waals surface area contributed by atoms with E-state index in [1.165, 1.54) is 12.0 Å². The minimum absolute atomic E-state index is 0.268. The predicted molar refractivity (Wildman–Crippen MR) is 60.9 cm³/mol. The van der Waals surface area contributed by atoms with E-state index in [2.05, 4.69) is 0 Å². The van der Waals surface area contributed by atoms with E-state index >= 15 is 0 Å². The second kappa shape index (κ2) is 3.80. The largest absolute Gasteiger partial charge is 0.261 e. The molecule has 0 saturated heterocycles. The van der Waals surface area contributed by atoms with Crippen LogP contribution in [0.3, 0.4) is 0 Å². The lowest BCUT2D eigenvalue weighted by Crippen LogP contribution is -2.06. The molecule has 1 aromatic carbocycles. The number of aryl methyl sites for hydroxylation is 3. The molecule has 2 nitrogen and oxygen atoms in total. The molecule has 0 atom stereocenters. The summed E-state index contributed by atoms with van der Waals surface area (Å²) in [4.78, 5) is 0.268. The van der Waals surface area contributed by atoms with Crippen LogP contribution in [-0.2, 0) is 21.9 Å². The van der Waals surface area contributed by atoms with E-state index in [4.69, 9.17) is 10.7 Å². The molecule has 0 aromatic heterocycles. The zero-order valence-corrected chi connectivity index (χ0v) is 10.2. The van der Waals surface area contributed by atoms with Crippen molar-refractivity contribution >= 4 is 19.7 Å². The molecular formula is C11H13ClO2S. The maximum atomic E-state index is 11.3. The maximum Gasteiger partial charge on any atom is 0.261 e. The van der Waals surface area contributed by atoms with Gasteiger partial charge in [-0.1, -0.05) is 6.07 Å². The summed E-state index contributed by atoms with van der Waals surface area (Å²) >= 11 is 0. The van der Waals surface area contributed by atoms with Crippen LogP contribution in [0, 0.1) is 6.92 Å². The van der Waals surface area contributed by atoms with Crippen LogP contribution < -0.4 is 0 Å². The fourth-order valence-electron chi connectivity index (χ4n) is 2.15. The van der Waals surface area contributed by atoms with Gasteiger partial charge >= 0.3 is 0 Å². The summed E-state index contributed by atoms with van der Waals surface area (Å²) in [6.07, 6.45) is 4.35. The summed E-state index contributed by atoms with van der Waals surface area (Å²) in [5.74, 6) is 0. The summed E-state index contributed by atoms with van der Waals surface area (Å²) in [6, 6.07) is 3.70. The van der Waals surface area contributed by atoms with Crippen LogP contribution in [0.2, 0.25) is 0 Å². The lowest BCUT2D eigenvalue weighted by atomic mass is 9.90. The minimum Gasteiger partial charge on any atom is -0.207 e. The Morgan fingerprint density at radius 1 is 1.13 bits per heavy atom. The zero-order chi connectivity index (χ0) is 11.1. The maximum absolute atomic E-state index is 11.3.